The molecule has 3 aromatic rings. The number of piperazine rings is 1. The van der Waals surface area contributed by atoms with E-state index in [-0.39, 0.29) is 30.8 Å². The van der Waals surface area contributed by atoms with E-state index in [2.05, 4.69) is 0 Å². The van der Waals surface area contributed by atoms with Crippen LogP contribution in [0.25, 0.3) is 10.9 Å². The minimum Gasteiger partial charge on any atom is -0.495 e. The first-order valence-electron chi connectivity index (χ1n) is 11.1. The average molecular weight is 507 g/mol. The van der Waals surface area contributed by atoms with Gasteiger partial charge in [0, 0.05) is 38.9 Å². The molecule has 9 nitrogen and oxygen atoms in total. The molecule has 1 fully saturated rings. The summed E-state index contributed by atoms with van der Waals surface area (Å²) < 4.78 is 53.7. The molecule has 192 valence electrons. The normalized spacial score (nSPS) is 13.9. The Balaban J connectivity index is 1.82. The number of rotatable bonds is 8. The minimum absolute atomic E-state index is 0.220. The summed E-state index contributed by atoms with van der Waals surface area (Å²) in [5, 5.41) is 18.4. The van der Waals surface area contributed by atoms with Crippen LogP contribution in [-0.4, -0.2) is 67.3 Å². The Labute approximate surface area is 203 Å². The number of alkyl halides is 2. The van der Waals surface area contributed by atoms with Crippen molar-refractivity contribution in [3.8, 4) is 11.5 Å². The fourth-order valence-corrected chi connectivity index (χ4v) is 4.48. The Morgan fingerprint density at radius 2 is 1.81 bits per heavy atom. The molecule has 1 aromatic heterocycles. The van der Waals surface area contributed by atoms with Crippen molar-refractivity contribution in [2.24, 2.45) is 0 Å². The van der Waals surface area contributed by atoms with Crippen LogP contribution in [0.2, 0.25) is 0 Å². The van der Waals surface area contributed by atoms with Crippen LogP contribution >= 0.6 is 0 Å². The summed E-state index contributed by atoms with van der Waals surface area (Å²) in [5.41, 5.74) is -1.38. The monoisotopic (exact) mass is 507 g/mol. The maximum atomic E-state index is 15.4. The smallest absolute Gasteiger partial charge is 0.387 e. The zero-order valence-electron chi connectivity index (χ0n) is 19.3. The molecule has 0 aliphatic carbocycles. The number of nitrogens with zero attached hydrogens (tertiary/aromatic N) is 3. The minimum atomic E-state index is -3.35. The summed E-state index contributed by atoms with van der Waals surface area (Å²) in [6.45, 7) is -2.78. The van der Waals surface area contributed by atoms with E-state index >= 15 is 4.39 Å². The van der Waals surface area contributed by atoms with Gasteiger partial charge in [0.15, 0.2) is 11.6 Å². The molecule has 1 aliphatic rings. The highest BCUT2D eigenvalue weighted by molar-refractivity contribution is 5.97. The molecule has 2 aromatic carbocycles. The van der Waals surface area contributed by atoms with Crippen molar-refractivity contribution in [3.63, 3.8) is 0 Å². The molecule has 0 radical (unpaired) electrons. The van der Waals surface area contributed by atoms with Crippen molar-refractivity contribution >= 4 is 28.2 Å². The van der Waals surface area contributed by atoms with Crippen molar-refractivity contribution in [1.29, 1.82) is 0 Å². The number of hydrogen-bond donors (Lipinski definition) is 2. The maximum absolute atomic E-state index is 15.4. The first-order chi connectivity index (χ1) is 17.3. The second-order valence-corrected chi connectivity index (χ2v) is 8.05. The first-order valence-corrected chi connectivity index (χ1v) is 11.1. The van der Waals surface area contributed by atoms with Crippen LogP contribution < -0.4 is 24.7 Å². The van der Waals surface area contributed by atoms with Crippen LogP contribution in [0.5, 0.6) is 11.5 Å². The Morgan fingerprint density at radius 1 is 1.14 bits per heavy atom. The Morgan fingerprint density at radius 3 is 2.42 bits per heavy atom. The summed E-state index contributed by atoms with van der Waals surface area (Å²) in [5.74, 6) is -2.50. The highest BCUT2D eigenvalue weighted by Crippen LogP contribution is 2.40. The van der Waals surface area contributed by atoms with E-state index in [4.69, 9.17) is 9.47 Å². The van der Waals surface area contributed by atoms with E-state index in [0.717, 1.165) is 22.5 Å². The van der Waals surface area contributed by atoms with Crippen LogP contribution in [0.1, 0.15) is 10.4 Å². The van der Waals surface area contributed by atoms with E-state index in [1.165, 1.54) is 4.90 Å². The topological polar surface area (TPSA) is 104 Å². The number of aliphatic hydroxyl groups is 1. The summed E-state index contributed by atoms with van der Waals surface area (Å²) in [6, 6.07) is 8.21. The molecule has 0 amide bonds. The van der Waals surface area contributed by atoms with Crippen LogP contribution in [-0.2, 0) is 6.54 Å². The van der Waals surface area contributed by atoms with Gasteiger partial charge < -0.3 is 34.1 Å². The van der Waals surface area contributed by atoms with Gasteiger partial charge in [-0.05, 0) is 18.2 Å². The van der Waals surface area contributed by atoms with Crippen LogP contribution in [0.15, 0.2) is 41.3 Å². The summed E-state index contributed by atoms with van der Waals surface area (Å²) in [6.07, 6.45) is 0.933. The SMILES string of the molecule is COc1ccccc1N1CCN(c2c(F)cc3c(=O)c(C(=O)O)cn(CCO)c3c2OC(F)F)CC1. The number of aromatic nitrogens is 1. The Hall–Kier alpha value is -3.93. The number of carboxylic acid groups (broad SMARTS) is 1. The van der Waals surface area contributed by atoms with Gasteiger partial charge in [0.2, 0.25) is 5.43 Å². The molecular formula is C24H24F3N3O6. The van der Waals surface area contributed by atoms with Gasteiger partial charge in [-0.2, -0.15) is 8.78 Å². The molecule has 36 heavy (non-hydrogen) atoms. The first kappa shape index (κ1) is 25.2. The zero-order chi connectivity index (χ0) is 26.0. The lowest BCUT2D eigenvalue weighted by molar-refractivity contribution is -0.0488. The van der Waals surface area contributed by atoms with Crippen molar-refractivity contribution in [1.82, 2.24) is 4.57 Å². The molecule has 1 aliphatic heterocycles. The third-order valence-corrected chi connectivity index (χ3v) is 6.04. The van der Waals surface area contributed by atoms with Gasteiger partial charge in [-0.25, -0.2) is 9.18 Å². The number of benzene rings is 2. The highest BCUT2D eigenvalue weighted by Gasteiger charge is 2.30. The molecular weight excluding hydrogens is 483 g/mol. The number of carbonyl (C=O) groups is 1. The fourth-order valence-electron chi connectivity index (χ4n) is 4.48. The van der Waals surface area contributed by atoms with Gasteiger partial charge in [0.1, 0.15) is 17.0 Å². The highest BCUT2D eigenvalue weighted by atomic mass is 19.3. The summed E-state index contributed by atoms with van der Waals surface area (Å²) in [7, 11) is 1.55. The molecule has 2 N–H and O–H groups in total. The summed E-state index contributed by atoms with van der Waals surface area (Å²) >= 11 is 0. The number of pyridine rings is 1. The number of ether oxygens (including phenoxy) is 2. The van der Waals surface area contributed by atoms with Gasteiger partial charge in [-0.3, -0.25) is 4.79 Å². The third-order valence-electron chi connectivity index (χ3n) is 6.04. The molecule has 1 saturated heterocycles. The third kappa shape index (κ3) is 4.63. The maximum Gasteiger partial charge on any atom is 0.387 e. The Kier molecular flexibility index (Phi) is 7.25. The van der Waals surface area contributed by atoms with E-state index in [1.54, 1.807) is 7.11 Å². The van der Waals surface area contributed by atoms with E-state index < -0.39 is 47.1 Å². The zero-order valence-corrected chi connectivity index (χ0v) is 19.3. The number of hydrogen-bond acceptors (Lipinski definition) is 7. The fraction of sp³-hybridized carbons (Fsp3) is 0.333. The number of anilines is 2. The molecule has 0 saturated carbocycles. The van der Waals surface area contributed by atoms with E-state index in [0.29, 0.717) is 18.8 Å². The molecule has 4 rings (SSSR count). The van der Waals surface area contributed by atoms with Gasteiger partial charge in [0.05, 0.1) is 30.3 Å². The summed E-state index contributed by atoms with van der Waals surface area (Å²) in [4.78, 5) is 27.9. The van der Waals surface area contributed by atoms with Crippen molar-refractivity contribution in [2.75, 3.05) is 49.7 Å². The van der Waals surface area contributed by atoms with Gasteiger partial charge in [0.25, 0.3) is 0 Å². The average Bonchev–Trinajstić information content (AvgIpc) is 2.85. The molecule has 0 atom stereocenters. The number of fused-ring (bicyclic) bond motifs is 1. The molecule has 12 heteroatoms. The van der Waals surface area contributed by atoms with E-state index in [9.17, 15) is 28.6 Å². The number of methoxy groups -OCH3 is 1. The largest absolute Gasteiger partial charge is 0.495 e. The lowest BCUT2D eigenvalue weighted by Gasteiger charge is -2.38. The lowest BCUT2D eigenvalue weighted by Crippen LogP contribution is -2.47. The number of para-hydroxylation sites is 2. The van der Waals surface area contributed by atoms with Crippen molar-refractivity contribution < 1.29 is 37.7 Å². The van der Waals surface area contributed by atoms with Crippen LogP contribution in [0.4, 0.5) is 24.5 Å². The van der Waals surface area contributed by atoms with Crippen LogP contribution in [0, 0.1) is 5.82 Å². The standard InChI is InChI=1S/C24H24F3N3O6/c1-35-18-5-3-2-4-17(18)28-6-8-29(9-7-28)20-16(25)12-14-19(22(20)36-24(26)27)30(10-11-31)13-15(21(14)32)23(33)34/h2-5,12-13,24,31H,6-11H2,1H3,(H,33,34). The Bertz CT molecular complexity index is 1340. The quantitative estimate of drug-likeness (QED) is 0.480. The number of aliphatic hydroxyl groups excluding tert-OH is 1. The van der Waals surface area contributed by atoms with Gasteiger partial charge in [-0.1, -0.05) is 12.1 Å². The van der Waals surface area contributed by atoms with Gasteiger partial charge >= 0.3 is 12.6 Å². The predicted molar refractivity (Wildman–Crippen MR) is 126 cm³/mol. The lowest BCUT2D eigenvalue weighted by atomic mass is 10.1. The van der Waals surface area contributed by atoms with Gasteiger partial charge in [-0.15, -0.1) is 0 Å². The molecule has 0 bridgehead atoms. The number of carboxylic acids is 1. The van der Waals surface area contributed by atoms with E-state index in [1.807, 2.05) is 29.2 Å². The van der Waals surface area contributed by atoms with Crippen molar-refractivity contribution in [3.05, 3.63) is 58.1 Å². The predicted octanol–water partition coefficient (Wildman–Crippen LogP) is 2.77. The van der Waals surface area contributed by atoms with Crippen LogP contribution in [0.3, 0.4) is 0 Å². The number of halogens is 3. The number of aromatic carboxylic acids is 1. The van der Waals surface area contributed by atoms with Crippen molar-refractivity contribution in [2.45, 2.75) is 13.2 Å². The molecule has 0 spiro atoms. The molecule has 2 heterocycles. The second-order valence-electron chi connectivity index (χ2n) is 8.05. The molecule has 0 unspecified atom stereocenters. The second kappa shape index (κ2) is 10.4.